The summed E-state index contributed by atoms with van der Waals surface area (Å²) in [6, 6.07) is 9.87. The second-order valence-electron chi connectivity index (χ2n) is 9.98. The van der Waals surface area contributed by atoms with Crippen LogP contribution in [-0.2, 0) is 11.2 Å². The molecule has 7 nitrogen and oxygen atoms in total. The molecule has 3 aliphatic heterocycles. The lowest BCUT2D eigenvalue weighted by Gasteiger charge is -2.46. The molecule has 0 unspecified atom stereocenters. The number of carbonyl (C=O) groups excluding carboxylic acids is 2. The average Bonchev–Trinajstić information content (AvgIpc) is 3.33. The Morgan fingerprint density at radius 1 is 1.00 bits per heavy atom. The molecule has 0 N–H and O–H groups in total. The highest BCUT2D eigenvalue weighted by atomic mass is 16.2. The molecular formula is C26H33N5O2. The third kappa shape index (κ3) is 3.58. The van der Waals surface area contributed by atoms with E-state index in [1.54, 1.807) is 12.4 Å². The SMILES string of the molecule is CCCc1ccc(C(=O)N2CCC3(CC2)CN(c2ncccn2)C[C@]32CCN(C)C2=O)cc1. The van der Waals surface area contributed by atoms with Crippen molar-refractivity contribution >= 4 is 17.8 Å². The topological polar surface area (TPSA) is 69.6 Å². The molecule has 2 spiro atoms. The molecule has 4 heterocycles. The van der Waals surface area contributed by atoms with E-state index < -0.39 is 5.41 Å². The Balaban J connectivity index is 1.36. The summed E-state index contributed by atoms with van der Waals surface area (Å²) >= 11 is 0. The summed E-state index contributed by atoms with van der Waals surface area (Å²) in [5.41, 5.74) is 1.45. The van der Waals surface area contributed by atoms with E-state index in [0.29, 0.717) is 25.6 Å². The molecule has 0 saturated carbocycles. The van der Waals surface area contributed by atoms with Crippen molar-refractivity contribution in [2.75, 3.05) is 44.7 Å². The van der Waals surface area contributed by atoms with Gasteiger partial charge in [0.25, 0.3) is 5.91 Å². The number of nitrogens with zero attached hydrogens (tertiary/aromatic N) is 5. The van der Waals surface area contributed by atoms with Crippen molar-refractivity contribution in [3.63, 3.8) is 0 Å². The lowest BCUT2D eigenvalue weighted by atomic mass is 9.60. The number of hydrogen-bond acceptors (Lipinski definition) is 5. The quantitative estimate of drug-likeness (QED) is 0.721. The lowest BCUT2D eigenvalue weighted by molar-refractivity contribution is -0.140. The van der Waals surface area contributed by atoms with Gasteiger partial charge < -0.3 is 14.7 Å². The van der Waals surface area contributed by atoms with Gasteiger partial charge in [0.15, 0.2) is 0 Å². The van der Waals surface area contributed by atoms with Gasteiger partial charge in [0.05, 0.1) is 5.41 Å². The van der Waals surface area contributed by atoms with Crippen LogP contribution in [0, 0.1) is 10.8 Å². The lowest BCUT2D eigenvalue weighted by Crippen LogP contribution is -2.53. The van der Waals surface area contributed by atoms with E-state index in [4.69, 9.17) is 0 Å². The summed E-state index contributed by atoms with van der Waals surface area (Å²) in [5.74, 6) is 1.03. The minimum Gasteiger partial charge on any atom is -0.345 e. The highest BCUT2D eigenvalue weighted by Crippen LogP contribution is 2.58. The Hall–Kier alpha value is -2.96. The van der Waals surface area contributed by atoms with Gasteiger partial charge in [-0.1, -0.05) is 25.5 Å². The van der Waals surface area contributed by atoms with Crippen molar-refractivity contribution in [1.82, 2.24) is 19.8 Å². The first-order chi connectivity index (χ1) is 16.0. The van der Waals surface area contributed by atoms with E-state index in [1.807, 2.05) is 35.0 Å². The molecule has 5 rings (SSSR count). The van der Waals surface area contributed by atoms with Gasteiger partial charge in [-0.2, -0.15) is 0 Å². The Morgan fingerprint density at radius 3 is 2.30 bits per heavy atom. The molecule has 1 aromatic carbocycles. The van der Waals surface area contributed by atoms with Crippen LogP contribution in [-0.4, -0.2) is 71.4 Å². The molecular weight excluding hydrogens is 414 g/mol. The van der Waals surface area contributed by atoms with Gasteiger partial charge in [-0.3, -0.25) is 9.59 Å². The number of fused-ring (bicyclic) bond motifs is 1. The number of likely N-dealkylation sites (tertiary alicyclic amines) is 2. The summed E-state index contributed by atoms with van der Waals surface area (Å²) in [6.45, 7) is 5.74. The standard InChI is InChI=1S/C26H33N5O2/c1-3-5-20-6-8-21(9-7-20)22(32)30-16-10-25(11-17-30)18-31(24-27-13-4-14-28-24)19-26(25)12-15-29(2)23(26)33/h4,6-9,13-14H,3,5,10-12,15-19H2,1-2H3/t26-/m0/s1. The minimum absolute atomic E-state index is 0.0954. The number of anilines is 1. The maximum Gasteiger partial charge on any atom is 0.253 e. The number of benzene rings is 1. The van der Waals surface area contributed by atoms with Crippen molar-refractivity contribution < 1.29 is 9.59 Å². The van der Waals surface area contributed by atoms with Gasteiger partial charge in [-0.25, -0.2) is 9.97 Å². The molecule has 3 fully saturated rings. The monoisotopic (exact) mass is 447 g/mol. The van der Waals surface area contributed by atoms with E-state index in [-0.39, 0.29) is 17.2 Å². The molecule has 0 aliphatic carbocycles. The number of hydrogen-bond donors (Lipinski definition) is 0. The molecule has 33 heavy (non-hydrogen) atoms. The number of piperidine rings is 1. The van der Waals surface area contributed by atoms with Crippen molar-refractivity contribution in [3.8, 4) is 0 Å². The average molecular weight is 448 g/mol. The van der Waals surface area contributed by atoms with Crippen LogP contribution in [0.3, 0.4) is 0 Å². The Kier molecular flexibility index (Phi) is 5.59. The van der Waals surface area contributed by atoms with E-state index in [2.05, 4.69) is 33.9 Å². The third-order valence-corrected chi connectivity index (χ3v) is 8.18. The van der Waals surface area contributed by atoms with Gasteiger partial charge in [0, 0.05) is 63.1 Å². The van der Waals surface area contributed by atoms with Crippen LogP contribution < -0.4 is 4.90 Å². The van der Waals surface area contributed by atoms with Crippen molar-refractivity contribution in [2.24, 2.45) is 10.8 Å². The van der Waals surface area contributed by atoms with Crippen LogP contribution in [0.2, 0.25) is 0 Å². The van der Waals surface area contributed by atoms with E-state index in [1.165, 1.54) is 5.56 Å². The predicted octanol–water partition coefficient (Wildman–Crippen LogP) is 3.02. The van der Waals surface area contributed by atoms with Crippen LogP contribution in [0.4, 0.5) is 5.95 Å². The van der Waals surface area contributed by atoms with Crippen LogP contribution >= 0.6 is 0 Å². The minimum atomic E-state index is -0.419. The summed E-state index contributed by atoms with van der Waals surface area (Å²) in [7, 11) is 1.91. The molecule has 174 valence electrons. The summed E-state index contributed by atoms with van der Waals surface area (Å²) in [5, 5.41) is 0. The zero-order valence-corrected chi connectivity index (χ0v) is 19.7. The fourth-order valence-electron chi connectivity index (χ4n) is 6.29. The van der Waals surface area contributed by atoms with Gasteiger partial charge in [-0.15, -0.1) is 0 Å². The fourth-order valence-corrected chi connectivity index (χ4v) is 6.29. The maximum absolute atomic E-state index is 13.5. The maximum atomic E-state index is 13.5. The molecule has 3 saturated heterocycles. The zero-order chi connectivity index (χ0) is 23.1. The first kappa shape index (κ1) is 21.9. The molecule has 7 heteroatoms. The number of aromatic nitrogens is 2. The van der Waals surface area contributed by atoms with Gasteiger partial charge in [-0.05, 0) is 49.4 Å². The van der Waals surface area contributed by atoms with Crippen LogP contribution in [0.25, 0.3) is 0 Å². The predicted molar refractivity (Wildman–Crippen MR) is 127 cm³/mol. The first-order valence-corrected chi connectivity index (χ1v) is 12.1. The first-order valence-electron chi connectivity index (χ1n) is 12.1. The van der Waals surface area contributed by atoms with Crippen molar-refractivity contribution in [3.05, 3.63) is 53.9 Å². The van der Waals surface area contributed by atoms with E-state index >= 15 is 0 Å². The summed E-state index contributed by atoms with van der Waals surface area (Å²) in [4.78, 5) is 41.7. The zero-order valence-electron chi connectivity index (χ0n) is 19.7. The van der Waals surface area contributed by atoms with Crippen molar-refractivity contribution in [1.29, 1.82) is 0 Å². The molecule has 1 atom stereocenters. The van der Waals surface area contributed by atoms with Crippen molar-refractivity contribution in [2.45, 2.75) is 39.0 Å². The Bertz CT molecular complexity index is 1020. The van der Waals surface area contributed by atoms with Gasteiger partial charge in [0.1, 0.15) is 0 Å². The second-order valence-corrected chi connectivity index (χ2v) is 9.98. The molecule has 0 radical (unpaired) electrons. The van der Waals surface area contributed by atoms with Crippen LogP contribution in [0.5, 0.6) is 0 Å². The van der Waals surface area contributed by atoms with Gasteiger partial charge in [0.2, 0.25) is 11.9 Å². The molecule has 1 aromatic heterocycles. The smallest absolute Gasteiger partial charge is 0.253 e. The third-order valence-electron chi connectivity index (χ3n) is 8.18. The molecule has 2 aromatic rings. The fraction of sp³-hybridized carbons (Fsp3) is 0.538. The summed E-state index contributed by atoms with van der Waals surface area (Å²) in [6.07, 6.45) is 8.17. The van der Waals surface area contributed by atoms with E-state index in [9.17, 15) is 9.59 Å². The molecule has 2 amide bonds. The molecule has 3 aliphatic rings. The number of aryl methyl sites for hydroxylation is 1. The number of amides is 2. The highest BCUT2D eigenvalue weighted by Gasteiger charge is 2.65. The summed E-state index contributed by atoms with van der Waals surface area (Å²) < 4.78 is 0. The van der Waals surface area contributed by atoms with Crippen LogP contribution in [0.15, 0.2) is 42.7 Å². The number of carbonyl (C=O) groups is 2. The number of rotatable bonds is 4. The normalized spacial score (nSPS) is 24.3. The van der Waals surface area contributed by atoms with E-state index in [0.717, 1.165) is 50.8 Å². The van der Waals surface area contributed by atoms with Gasteiger partial charge >= 0.3 is 0 Å². The second kappa shape index (κ2) is 8.43. The Labute approximate surface area is 195 Å². The largest absolute Gasteiger partial charge is 0.345 e. The molecule has 0 bridgehead atoms. The van der Waals surface area contributed by atoms with Crippen LogP contribution in [0.1, 0.15) is 48.5 Å². The Morgan fingerprint density at radius 2 is 1.70 bits per heavy atom. The highest BCUT2D eigenvalue weighted by molar-refractivity contribution is 5.94.